The summed E-state index contributed by atoms with van der Waals surface area (Å²) in [5.74, 6) is 0.207. The van der Waals surface area contributed by atoms with Gasteiger partial charge >= 0.3 is 12.1 Å². The van der Waals surface area contributed by atoms with Crippen LogP contribution in [0.15, 0.2) is 33.9 Å². The Morgan fingerprint density at radius 2 is 1.71 bits per heavy atom. The Morgan fingerprint density at radius 1 is 1.03 bits per heavy atom. The minimum atomic E-state index is -4.77. The lowest BCUT2D eigenvalue weighted by Gasteiger charge is -2.12. The number of ether oxygens (including phenoxy) is 2. The highest BCUT2D eigenvalue weighted by Gasteiger charge is 2.31. The maximum atomic E-state index is 12.8. The fraction of sp³-hybridized carbons (Fsp3) is 0.450. The van der Waals surface area contributed by atoms with Crippen LogP contribution >= 0.6 is 0 Å². The number of hydrogen-bond donors (Lipinski definition) is 0. The van der Waals surface area contributed by atoms with Crippen molar-refractivity contribution in [2.75, 3.05) is 13.2 Å². The first-order valence-electron chi connectivity index (χ1n) is 9.70. The average Bonchev–Trinajstić information content (AvgIpc) is 3.07. The van der Waals surface area contributed by atoms with Crippen LogP contribution < -0.4 is 16.0 Å². The number of halogens is 3. The maximum absolute atomic E-state index is 12.8. The maximum Gasteiger partial charge on any atom is 0.573 e. The highest BCUT2D eigenvalue weighted by atomic mass is 19.4. The highest BCUT2D eigenvalue weighted by molar-refractivity contribution is 5.71. The van der Waals surface area contributed by atoms with Gasteiger partial charge in [-0.15, -0.1) is 13.2 Å². The van der Waals surface area contributed by atoms with Crippen LogP contribution in [0.4, 0.5) is 13.2 Å². The highest BCUT2D eigenvalue weighted by Crippen LogP contribution is 2.23. The second kappa shape index (κ2) is 8.96. The molecule has 0 radical (unpaired) electrons. The summed E-state index contributed by atoms with van der Waals surface area (Å²) in [6.45, 7) is 3.13. The van der Waals surface area contributed by atoms with Crippen molar-refractivity contribution in [3.8, 4) is 5.75 Å². The molecule has 3 aromatic rings. The quantitative estimate of drug-likeness (QED) is 0.503. The van der Waals surface area contributed by atoms with Gasteiger partial charge in [0.05, 0.1) is 6.61 Å². The Bertz CT molecular complexity index is 1180. The molecule has 0 saturated heterocycles. The number of fused-ring (bicyclic) bond motifs is 1. The number of rotatable bonds is 8. The van der Waals surface area contributed by atoms with E-state index in [1.807, 2.05) is 6.92 Å². The summed E-state index contributed by atoms with van der Waals surface area (Å²) < 4.78 is 50.6. The molecule has 0 N–H and O–H groups in total. The molecular weight excluding hydrogens is 417 g/mol. The van der Waals surface area contributed by atoms with Crippen LogP contribution in [0, 0.1) is 0 Å². The van der Waals surface area contributed by atoms with E-state index < -0.39 is 17.6 Å². The van der Waals surface area contributed by atoms with Crippen molar-refractivity contribution < 1.29 is 22.6 Å². The molecule has 0 fully saturated rings. The van der Waals surface area contributed by atoms with Crippen molar-refractivity contribution in [1.29, 1.82) is 0 Å². The van der Waals surface area contributed by atoms with Crippen molar-refractivity contribution in [3.63, 3.8) is 0 Å². The zero-order valence-corrected chi connectivity index (χ0v) is 17.4. The van der Waals surface area contributed by atoms with Gasteiger partial charge in [-0.05, 0) is 24.1 Å². The first-order valence-corrected chi connectivity index (χ1v) is 9.70. The summed E-state index contributed by atoms with van der Waals surface area (Å²) >= 11 is 0. The Hall–Kier alpha value is -3.08. The number of alkyl halides is 3. The summed E-state index contributed by atoms with van der Waals surface area (Å²) in [6.07, 6.45) is -3.51. The van der Waals surface area contributed by atoms with E-state index in [1.54, 1.807) is 4.57 Å². The zero-order chi connectivity index (χ0) is 22.8. The first-order chi connectivity index (χ1) is 14.6. The molecule has 1 aromatic carbocycles. The van der Waals surface area contributed by atoms with E-state index in [1.165, 1.54) is 42.9 Å². The summed E-state index contributed by atoms with van der Waals surface area (Å²) in [7, 11) is 2.91. The van der Waals surface area contributed by atoms with E-state index >= 15 is 0 Å². The number of benzene rings is 1. The predicted molar refractivity (Wildman–Crippen MR) is 107 cm³/mol. The predicted octanol–water partition coefficient (Wildman–Crippen LogP) is 2.35. The van der Waals surface area contributed by atoms with E-state index in [-0.39, 0.29) is 23.5 Å². The van der Waals surface area contributed by atoms with Gasteiger partial charge in [0.25, 0.3) is 5.56 Å². The monoisotopic (exact) mass is 440 g/mol. The lowest BCUT2D eigenvalue weighted by Crippen LogP contribution is -2.37. The zero-order valence-electron chi connectivity index (χ0n) is 17.4. The SMILES string of the molecule is CCCOCCc1nc2c(c(=O)n(C)c(=O)n2C)n1Cc1ccc(OC(F)(F)F)cc1. The number of hydrogen-bond acceptors (Lipinski definition) is 5. The normalized spacial score (nSPS) is 11.9. The molecule has 31 heavy (non-hydrogen) atoms. The molecule has 2 aromatic heterocycles. The van der Waals surface area contributed by atoms with Gasteiger partial charge in [-0.2, -0.15) is 0 Å². The van der Waals surface area contributed by atoms with Crippen LogP contribution in [0.25, 0.3) is 11.2 Å². The number of aromatic nitrogens is 4. The van der Waals surface area contributed by atoms with Crippen molar-refractivity contribution in [2.24, 2.45) is 14.1 Å². The van der Waals surface area contributed by atoms with Gasteiger partial charge in [0.15, 0.2) is 11.2 Å². The topological polar surface area (TPSA) is 80.3 Å². The van der Waals surface area contributed by atoms with E-state index in [2.05, 4.69) is 9.72 Å². The second-order valence-electron chi connectivity index (χ2n) is 7.05. The van der Waals surface area contributed by atoms with Crippen molar-refractivity contribution in [2.45, 2.75) is 32.7 Å². The minimum Gasteiger partial charge on any atom is -0.406 e. The molecule has 0 aliphatic rings. The fourth-order valence-electron chi connectivity index (χ4n) is 3.24. The summed E-state index contributed by atoms with van der Waals surface area (Å²) in [6, 6.07) is 5.38. The van der Waals surface area contributed by atoms with Gasteiger partial charge in [-0.1, -0.05) is 19.1 Å². The fourth-order valence-corrected chi connectivity index (χ4v) is 3.24. The molecule has 0 saturated carbocycles. The molecule has 0 spiro atoms. The van der Waals surface area contributed by atoms with Crippen molar-refractivity contribution in [3.05, 3.63) is 56.5 Å². The van der Waals surface area contributed by atoms with Gasteiger partial charge in [-0.25, -0.2) is 9.78 Å². The summed E-state index contributed by atoms with van der Waals surface area (Å²) in [5.41, 5.74) is 0.134. The van der Waals surface area contributed by atoms with Crippen molar-refractivity contribution in [1.82, 2.24) is 18.7 Å². The second-order valence-corrected chi connectivity index (χ2v) is 7.05. The van der Waals surface area contributed by atoms with E-state index in [4.69, 9.17) is 4.74 Å². The molecule has 0 unspecified atom stereocenters. The molecule has 2 heterocycles. The number of nitrogens with zero attached hydrogens (tertiary/aromatic N) is 4. The Balaban J connectivity index is 2.02. The lowest BCUT2D eigenvalue weighted by atomic mass is 10.2. The molecular formula is C20H23F3N4O4. The molecule has 11 heteroatoms. The van der Waals surface area contributed by atoms with Gasteiger partial charge in [0.2, 0.25) is 0 Å². The Morgan fingerprint density at radius 3 is 2.32 bits per heavy atom. The third-order valence-electron chi connectivity index (χ3n) is 4.74. The Kier molecular flexibility index (Phi) is 6.54. The minimum absolute atomic E-state index is 0.180. The smallest absolute Gasteiger partial charge is 0.406 e. The average molecular weight is 440 g/mol. The lowest BCUT2D eigenvalue weighted by molar-refractivity contribution is -0.274. The van der Waals surface area contributed by atoms with Gasteiger partial charge < -0.3 is 14.0 Å². The third kappa shape index (κ3) is 4.98. The Labute approximate surface area is 175 Å². The molecule has 3 rings (SSSR count). The van der Waals surface area contributed by atoms with Crippen LogP contribution in [0.5, 0.6) is 5.75 Å². The third-order valence-corrected chi connectivity index (χ3v) is 4.74. The van der Waals surface area contributed by atoms with Crippen LogP contribution in [-0.2, 0) is 31.8 Å². The molecule has 8 nitrogen and oxygen atoms in total. The van der Waals surface area contributed by atoms with Crippen LogP contribution in [0.1, 0.15) is 24.7 Å². The van der Waals surface area contributed by atoms with E-state index in [0.29, 0.717) is 31.0 Å². The van der Waals surface area contributed by atoms with Crippen LogP contribution in [-0.4, -0.2) is 38.3 Å². The van der Waals surface area contributed by atoms with Gasteiger partial charge in [0.1, 0.15) is 11.6 Å². The first kappa shape index (κ1) is 22.6. The molecule has 0 amide bonds. The van der Waals surface area contributed by atoms with E-state index in [9.17, 15) is 22.8 Å². The number of aryl methyl sites for hydroxylation is 1. The molecule has 0 aliphatic heterocycles. The van der Waals surface area contributed by atoms with Gasteiger partial charge in [0, 0.05) is 33.7 Å². The molecule has 0 bridgehead atoms. The molecule has 0 atom stereocenters. The summed E-state index contributed by atoms with van der Waals surface area (Å²) in [4.78, 5) is 29.6. The van der Waals surface area contributed by atoms with Crippen LogP contribution in [0.2, 0.25) is 0 Å². The summed E-state index contributed by atoms with van der Waals surface area (Å²) in [5, 5.41) is 0. The number of imidazole rings is 1. The molecule has 0 aliphatic carbocycles. The largest absolute Gasteiger partial charge is 0.573 e. The van der Waals surface area contributed by atoms with Crippen molar-refractivity contribution >= 4 is 11.2 Å². The van der Waals surface area contributed by atoms with Crippen LogP contribution in [0.3, 0.4) is 0 Å². The van der Waals surface area contributed by atoms with E-state index in [0.717, 1.165) is 11.0 Å². The standard InChI is InChI=1S/C20H23F3N4O4/c1-4-10-30-11-9-15-24-17-16(18(28)26(3)19(29)25(17)2)27(15)12-13-5-7-14(8-6-13)31-20(21,22)23/h5-8H,4,9-12H2,1-3H3. The molecule has 168 valence electrons. The van der Waals surface area contributed by atoms with Gasteiger partial charge in [-0.3, -0.25) is 13.9 Å².